The van der Waals surface area contributed by atoms with Gasteiger partial charge in [0.2, 0.25) is 0 Å². The van der Waals surface area contributed by atoms with Crippen molar-refractivity contribution in [1.82, 2.24) is 24.9 Å². The number of nitrogens with two attached hydrogens (primary N) is 1. The Morgan fingerprint density at radius 1 is 1.50 bits per heavy atom. The quantitative estimate of drug-likeness (QED) is 0.590. The second-order valence-electron chi connectivity index (χ2n) is 6.38. The van der Waals surface area contributed by atoms with E-state index in [1.807, 2.05) is 6.07 Å². The Kier molecular flexibility index (Phi) is 4.74. The van der Waals surface area contributed by atoms with Gasteiger partial charge in [0.15, 0.2) is 11.5 Å². The number of aromatic nitrogens is 4. The van der Waals surface area contributed by atoms with Gasteiger partial charge >= 0.3 is 0 Å². The van der Waals surface area contributed by atoms with Crippen LogP contribution in [0.4, 0.5) is 11.5 Å². The number of hydrogen-bond donors (Lipinski definition) is 3. The lowest BCUT2D eigenvalue weighted by atomic mass is 10.2. The van der Waals surface area contributed by atoms with Crippen molar-refractivity contribution < 1.29 is 9.53 Å². The first kappa shape index (κ1) is 17.7. The van der Waals surface area contributed by atoms with Crippen LogP contribution in [-0.2, 0) is 6.42 Å². The summed E-state index contributed by atoms with van der Waals surface area (Å²) >= 11 is 0. The number of nitriles is 1. The SMILES string of the molecule is N#CCc1cnc2c(C(=O)Nc3cnccc3O[C@H]3CCNC3)c(N)nn2c1. The van der Waals surface area contributed by atoms with Crippen molar-refractivity contribution in [3.8, 4) is 11.8 Å². The van der Waals surface area contributed by atoms with E-state index in [-0.39, 0.29) is 23.9 Å². The predicted octanol–water partition coefficient (Wildman–Crippen LogP) is 0.766. The summed E-state index contributed by atoms with van der Waals surface area (Å²) in [5, 5.41) is 19.0. The van der Waals surface area contributed by atoms with E-state index >= 15 is 0 Å². The third kappa shape index (κ3) is 3.43. The minimum atomic E-state index is -0.463. The third-order valence-electron chi connectivity index (χ3n) is 4.40. The third-order valence-corrected chi connectivity index (χ3v) is 4.40. The smallest absolute Gasteiger partial charge is 0.263 e. The molecular weight excluding hydrogens is 360 g/mol. The van der Waals surface area contributed by atoms with Gasteiger partial charge in [0.25, 0.3) is 5.91 Å². The van der Waals surface area contributed by atoms with E-state index in [9.17, 15) is 4.79 Å². The van der Waals surface area contributed by atoms with Crippen molar-refractivity contribution in [2.75, 3.05) is 24.1 Å². The molecule has 0 bridgehead atoms. The van der Waals surface area contributed by atoms with Crippen LogP contribution in [0.2, 0.25) is 0 Å². The highest BCUT2D eigenvalue weighted by atomic mass is 16.5. The van der Waals surface area contributed by atoms with Crippen LogP contribution >= 0.6 is 0 Å². The largest absolute Gasteiger partial charge is 0.487 e. The number of anilines is 2. The Morgan fingerprint density at radius 2 is 2.39 bits per heavy atom. The Bertz CT molecular complexity index is 1070. The molecule has 1 aliphatic rings. The molecule has 4 N–H and O–H groups in total. The lowest BCUT2D eigenvalue weighted by Gasteiger charge is -2.16. The van der Waals surface area contributed by atoms with Gasteiger partial charge in [-0.25, -0.2) is 9.50 Å². The summed E-state index contributed by atoms with van der Waals surface area (Å²) in [5.74, 6) is 0.122. The number of hydrogen-bond acceptors (Lipinski definition) is 8. The lowest BCUT2D eigenvalue weighted by Crippen LogP contribution is -2.21. The van der Waals surface area contributed by atoms with E-state index in [0.29, 0.717) is 22.6 Å². The number of amides is 1. The molecule has 3 aromatic heterocycles. The minimum Gasteiger partial charge on any atom is -0.487 e. The van der Waals surface area contributed by atoms with Crippen LogP contribution in [0.25, 0.3) is 5.65 Å². The second-order valence-corrected chi connectivity index (χ2v) is 6.38. The molecule has 0 aromatic carbocycles. The molecule has 10 nitrogen and oxygen atoms in total. The van der Waals surface area contributed by atoms with Crippen molar-refractivity contribution in [1.29, 1.82) is 5.26 Å². The fourth-order valence-corrected chi connectivity index (χ4v) is 3.06. The maximum absolute atomic E-state index is 12.9. The van der Waals surface area contributed by atoms with Gasteiger partial charge in [0.05, 0.1) is 18.7 Å². The lowest BCUT2D eigenvalue weighted by molar-refractivity contribution is 0.102. The summed E-state index contributed by atoms with van der Waals surface area (Å²) in [6.07, 6.45) is 7.42. The molecule has 10 heteroatoms. The van der Waals surface area contributed by atoms with E-state index in [1.54, 1.807) is 18.5 Å². The Balaban J connectivity index is 1.61. The minimum absolute atomic E-state index is 0.0420. The van der Waals surface area contributed by atoms with Crippen molar-refractivity contribution in [3.63, 3.8) is 0 Å². The molecule has 1 aliphatic heterocycles. The summed E-state index contributed by atoms with van der Waals surface area (Å²) < 4.78 is 7.37. The van der Waals surface area contributed by atoms with Gasteiger partial charge < -0.3 is 21.1 Å². The first-order chi connectivity index (χ1) is 13.7. The molecule has 4 rings (SSSR count). The Labute approximate surface area is 160 Å². The van der Waals surface area contributed by atoms with Gasteiger partial charge in [-0.05, 0) is 13.0 Å². The van der Waals surface area contributed by atoms with Crippen LogP contribution in [0.15, 0.2) is 30.9 Å². The topological polar surface area (TPSA) is 143 Å². The zero-order valence-electron chi connectivity index (χ0n) is 14.9. The van der Waals surface area contributed by atoms with E-state index < -0.39 is 5.91 Å². The molecule has 0 spiro atoms. The number of nitrogen functional groups attached to an aromatic ring is 1. The highest BCUT2D eigenvalue weighted by Gasteiger charge is 2.22. The van der Waals surface area contributed by atoms with Gasteiger partial charge in [-0.2, -0.15) is 5.26 Å². The number of ether oxygens (including phenoxy) is 1. The molecule has 0 aliphatic carbocycles. The second kappa shape index (κ2) is 7.50. The molecule has 0 saturated carbocycles. The molecule has 142 valence electrons. The fourth-order valence-electron chi connectivity index (χ4n) is 3.06. The molecule has 4 heterocycles. The first-order valence-corrected chi connectivity index (χ1v) is 8.78. The number of carbonyl (C=O) groups excluding carboxylic acids is 1. The zero-order valence-corrected chi connectivity index (χ0v) is 14.9. The van der Waals surface area contributed by atoms with Crippen LogP contribution in [0, 0.1) is 11.3 Å². The average molecular weight is 378 g/mol. The van der Waals surface area contributed by atoms with Gasteiger partial charge in [0, 0.05) is 36.8 Å². The van der Waals surface area contributed by atoms with Crippen LogP contribution in [0.3, 0.4) is 0 Å². The summed E-state index contributed by atoms with van der Waals surface area (Å²) in [5.41, 5.74) is 7.53. The molecular formula is C18H18N8O2. The standard InChI is InChI=1S/C18H18N8O2/c19-4-1-11-7-23-17-15(16(20)25-26(17)10-11)18(27)24-13-9-22-6-3-14(13)28-12-2-5-21-8-12/h3,6-7,9-10,12,21H,1-2,5,8H2,(H2,20,25)(H,24,27)/t12-/m0/s1. The highest BCUT2D eigenvalue weighted by molar-refractivity contribution is 6.11. The predicted molar refractivity (Wildman–Crippen MR) is 101 cm³/mol. The fraction of sp³-hybridized carbons (Fsp3) is 0.278. The maximum atomic E-state index is 12.9. The number of nitrogens with zero attached hydrogens (tertiary/aromatic N) is 5. The number of rotatable bonds is 5. The molecule has 1 atom stereocenters. The monoisotopic (exact) mass is 378 g/mol. The molecule has 28 heavy (non-hydrogen) atoms. The molecule has 0 radical (unpaired) electrons. The summed E-state index contributed by atoms with van der Waals surface area (Å²) in [7, 11) is 0. The average Bonchev–Trinajstić information content (AvgIpc) is 3.30. The zero-order chi connectivity index (χ0) is 19.5. The van der Waals surface area contributed by atoms with Gasteiger partial charge in [-0.3, -0.25) is 9.78 Å². The van der Waals surface area contributed by atoms with Crippen LogP contribution in [0.1, 0.15) is 22.3 Å². The highest BCUT2D eigenvalue weighted by Crippen LogP contribution is 2.27. The van der Waals surface area contributed by atoms with Crippen molar-refractivity contribution in [2.24, 2.45) is 0 Å². The Morgan fingerprint density at radius 3 is 3.18 bits per heavy atom. The molecule has 0 unspecified atom stereocenters. The van der Waals surface area contributed by atoms with Crippen molar-refractivity contribution in [2.45, 2.75) is 18.9 Å². The molecule has 1 fully saturated rings. The molecule has 1 amide bonds. The molecule has 1 saturated heterocycles. The number of nitrogens with one attached hydrogen (secondary N) is 2. The van der Waals surface area contributed by atoms with E-state index in [0.717, 1.165) is 19.5 Å². The van der Waals surface area contributed by atoms with Gasteiger partial charge in [-0.1, -0.05) is 0 Å². The maximum Gasteiger partial charge on any atom is 0.263 e. The molecule has 3 aromatic rings. The summed E-state index contributed by atoms with van der Waals surface area (Å²) in [6.45, 7) is 1.65. The first-order valence-electron chi connectivity index (χ1n) is 8.78. The van der Waals surface area contributed by atoms with Crippen LogP contribution < -0.4 is 21.1 Å². The summed E-state index contributed by atoms with van der Waals surface area (Å²) in [6, 6.07) is 3.75. The van der Waals surface area contributed by atoms with Crippen molar-refractivity contribution in [3.05, 3.63) is 42.0 Å². The van der Waals surface area contributed by atoms with E-state index in [2.05, 4.69) is 25.7 Å². The summed E-state index contributed by atoms with van der Waals surface area (Å²) in [4.78, 5) is 21.2. The van der Waals surface area contributed by atoms with Gasteiger partial charge in [-0.15, -0.1) is 5.10 Å². The van der Waals surface area contributed by atoms with E-state index in [4.69, 9.17) is 15.7 Å². The van der Waals surface area contributed by atoms with Crippen LogP contribution in [0.5, 0.6) is 5.75 Å². The Hall–Kier alpha value is -3.71. The van der Waals surface area contributed by atoms with Gasteiger partial charge in [0.1, 0.15) is 23.1 Å². The van der Waals surface area contributed by atoms with E-state index in [1.165, 1.54) is 16.9 Å². The van der Waals surface area contributed by atoms with Crippen LogP contribution in [-0.4, -0.2) is 44.7 Å². The normalized spacial score (nSPS) is 16.0. The number of pyridine rings is 1. The van der Waals surface area contributed by atoms with Crippen molar-refractivity contribution >= 4 is 23.1 Å². The number of carbonyl (C=O) groups is 1. The number of fused-ring (bicyclic) bond motifs is 1.